The predicted molar refractivity (Wildman–Crippen MR) is 98.3 cm³/mol. The zero-order chi connectivity index (χ0) is 19.0. The van der Waals surface area contributed by atoms with Gasteiger partial charge >= 0.3 is 6.18 Å². The van der Waals surface area contributed by atoms with Gasteiger partial charge in [-0.25, -0.2) is 4.99 Å². The molecule has 4 nitrogen and oxygen atoms in total. The van der Waals surface area contributed by atoms with E-state index >= 15 is 0 Å². The van der Waals surface area contributed by atoms with E-state index in [-0.39, 0.29) is 5.56 Å². The highest BCUT2D eigenvalue weighted by molar-refractivity contribution is 5.84. The SMILES string of the molecule is CC1CCCN(C2=N[CH]C3=C(N2)NC(c2ccccc2C(F)(F)F)C=C3)C1. The van der Waals surface area contributed by atoms with Gasteiger partial charge in [-0.2, -0.15) is 13.2 Å². The van der Waals surface area contributed by atoms with Gasteiger partial charge in [-0.05, 0) is 30.4 Å². The van der Waals surface area contributed by atoms with Crippen molar-refractivity contribution in [3.05, 3.63) is 65.5 Å². The van der Waals surface area contributed by atoms with E-state index in [2.05, 4.69) is 27.4 Å². The third-order valence-corrected chi connectivity index (χ3v) is 5.18. The van der Waals surface area contributed by atoms with E-state index < -0.39 is 17.8 Å². The first-order chi connectivity index (χ1) is 12.9. The summed E-state index contributed by atoms with van der Waals surface area (Å²) >= 11 is 0. The molecule has 2 N–H and O–H groups in total. The minimum Gasteiger partial charge on any atom is -0.361 e. The maximum atomic E-state index is 13.4. The molecule has 0 aromatic heterocycles. The molecule has 0 saturated carbocycles. The molecule has 1 aromatic rings. The lowest BCUT2D eigenvalue weighted by Crippen LogP contribution is -2.49. The van der Waals surface area contributed by atoms with Crippen LogP contribution < -0.4 is 10.6 Å². The van der Waals surface area contributed by atoms with Crippen LogP contribution in [-0.2, 0) is 6.18 Å². The number of nitrogens with zero attached hydrogens (tertiary/aromatic N) is 2. The van der Waals surface area contributed by atoms with Crippen LogP contribution >= 0.6 is 0 Å². The van der Waals surface area contributed by atoms with Crippen LogP contribution in [0, 0.1) is 12.5 Å². The average molecular weight is 375 g/mol. The molecule has 0 amide bonds. The van der Waals surface area contributed by atoms with E-state index in [0.717, 1.165) is 37.1 Å². The van der Waals surface area contributed by atoms with Gasteiger partial charge in [-0.1, -0.05) is 37.3 Å². The number of dihydropyridines is 1. The molecule has 2 unspecified atom stereocenters. The molecule has 4 rings (SSSR count). The lowest BCUT2D eigenvalue weighted by molar-refractivity contribution is -0.138. The zero-order valence-electron chi connectivity index (χ0n) is 15.1. The summed E-state index contributed by atoms with van der Waals surface area (Å²) in [5.41, 5.74) is 0.435. The first-order valence-corrected chi connectivity index (χ1v) is 9.20. The molecular formula is C20H22F3N4. The Balaban J connectivity index is 1.52. The first kappa shape index (κ1) is 17.9. The highest BCUT2D eigenvalue weighted by Gasteiger charge is 2.35. The lowest BCUT2D eigenvalue weighted by Gasteiger charge is -2.37. The Labute approximate surface area is 156 Å². The van der Waals surface area contributed by atoms with E-state index in [1.165, 1.54) is 18.6 Å². The third kappa shape index (κ3) is 3.68. The number of guanidine groups is 1. The fourth-order valence-corrected chi connectivity index (χ4v) is 3.81. The number of aliphatic imine (C=N–C) groups is 1. The van der Waals surface area contributed by atoms with Crippen LogP contribution in [0.15, 0.2) is 52.8 Å². The van der Waals surface area contributed by atoms with E-state index in [9.17, 15) is 13.2 Å². The molecule has 0 spiro atoms. The second-order valence-corrected chi connectivity index (χ2v) is 7.30. The number of nitrogens with one attached hydrogen (secondary N) is 2. The Bertz CT molecular complexity index is 810. The van der Waals surface area contributed by atoms with Crippen LogP contribution in [0.5, 0.6) is 0 Å². The molecular weight excluding hydrogens is 353 g/mol. The summed E-state index contributed by atoms with van der Waals surface area (Å²) in [4.78, 5) is 6.71. The highest BCUT2D eigenvalue weighted by Crippen LogP contribution is 2.36. The van der Waals surface area contributed by atoms with Gasteiger partial charge in [0.05, 0.1) is 11.6 Å². The molecule has 27 heavy (non-hydrogen) atoms. The molecule has 1 fully saturated rings. The van der Waals surface area contributed by atoms with Crippen molar-refractivity contribution in [3.8, 4) is 0 Å². The largest absolute Gasteiger partial charge is 0.416 e. The molecule has 2 atom stereocenters. The zero-order valence-corrected chi connectivity index (χ0v) is 15.1. The maximum absolute atomic E-state index is 13.4. The second-order valence-electron chi connectivity index (χ2n) is 7.30. The fourth-order valence-electron chi connectivity index (χ4n) is 3.81. The van der Waals surface area contributed by atoms with Crippen molar-refractivity contribution in [3.63, 3.8) is 0 Å². The number of likely N-dealkylation sites (tertiary alicyclic amines) is 1. The van der Waals surface area contributed by atoms with Crippen molar-refractivity contribution in [2.75, 3.05) is 13.1 Å². The van der Waals surface area contributed by atoms with Crippen LogP contribution in [0.3, 0.4) is 0 Å². The molecule has 143 valence electrons. The summed E-state index contributed by atoms with van der Waals surface area (Å²) in [6, 6.07) is 5.13. The van der Waals surface area contributed by atoms with Crippen LogP contribution in [0.25, 0.3) is 0 Å². The average Bonchev–Trinajstić information content (AvgIpc) is 2.66. The molecule has 1 radical (unpaired) electrons. The Kier molecular flexibility index (Phi) is 4.61. The van der Waals surface area contributed by atoms with Crippen molar-refractivity contribution < 1.29 is 13.2 Å². The molecule has 3 aliphatic heterocycles. The minimum absolute atomic E-state index is 0.213. The predicted octanol–water partition coefficient (Wildman–Crippen LogP) is 3.97. The smallest absolute Gasteiger partial charge is 0.361 e. The van der Waals surface area contributed by atoms with Gasteiger partial charge in [0.1, 0.15) is 12.4 Å². The number of rotatable bonds is 1. The Morgan fingerprint density at radius 3 is 2.81 bits per heavy atom. The van der Waals surface area contributed by atoms with Crippen molar-refractivity contribution >= 4 is 5.96 Å². The number of halogens is 3. The number of benzene rings is 1. The molecule has 3 aliphatic rings. The van der Waals surface area contributed by atoms with Gasteiger partial charge in [0.25, 0.3) is 0 Å². The first-order valence-electron chi connectivity index (χ1n) is 9.20. The van der Waals surface area contributed by atoms with Gasteiger partial charge in [-0.3, -0.25) is 0 Å². The highest BCUT2D eigenvalue weighted by atomic mass is 19.4. The topological polar surface area (TPSA) is 39.7 Å². The maximum Gasteiger partial charge on any atom is 0.416 e. The Morgan fingerprint density at radius 1 is 1.22 bits per heavy atom. The van der Waals surface area contributed by atoms with Crippen molar-refractivity contribution in [1.29, 1.82) is 0 Å². The minimum atomic E-state index is -4.39. The normalized spacial score (nSPS) is 25.5. The summed E-state index contributed by atoms with van der Waals surface area (Å²) < 4.78 is 40.1. The summed E-state index contributed by atoms with van der Waals surface area (Å²) in [6.45, 7) is 5.84. The van der Waals surface area contributed by atoms with Gasteiger partial charge in [-0.15, -0.1) is 0 Å². The van der Waals surface area contributed by atoms with Crippen LogP contribution in [-0.4, -0.2) is 23.9 Å². The number of alkyl halides is 3. The summed E-state index contributed by atoms with van der Waals surface area (Å²) in [5, 5.41) is 6.49. The molecule has 1 saturated heterocycles. The van der Waals surface area contributed by atoms with E-state index in [1.807, 2.05) is 6.08 Å². The monoisotopic (exact) mass is 375 g/mol. The Morgan fingerprint density at radius 2 is 2.04 bits per heavy atom. The van der Waals surface area contributed by atoms with Gasteiger partial charge in [0.2, 0.25) is 0 Å². The molecule has 1 aromatic carbocycles. The molecule has 7 heteroatoms. The third-order valence-electron chi connectivity index (χ3n) is 5.18. The van der Waals surface area contributed by atoms with Crippen molar-refractivity contribution in [1.82, 2.24) is 15.5 Å². The number of hydrogen-bond donors (Lipinski definition) is 2. The summed E-state index contributed by atoms with van der Waals surface area (Å²) in [7, 11) is 0. The quantitative estimate of drug-likeness (QED) is 0.780. The van der Waals surface area contributed by atoms with Gasteiger partial charge < -0.3 is 15.5 Å². The van der Waals surface area contributed by atoms with Crippen molar-refractivity contribution in [2.24, 2.45) is 10.9 Å². The fraction of sp³-hybridized carbons (Fsp3) is 0.400. The molecule has 3 heterocycles. The molecule has 0 aliphatic carbocycles. The molecule has 0 bridgehead atoms. The Hall–Kier alpha value is -2.44. The standard InChI is InChI=1S/C20H22F3N4/c1-13-5-4-10-27(12-13)19-24-11-14-8-9-17(25-18(14)26-19)15-6-2-3-7-16(15)20(21,22)23/h2-3,6-9,11,13,17,25H,4-5,10,12H2,1H3,(H,24,26). The van der Waals surface area contributed by atoms with Gasteiger partial charge in [0, 0.05) is 18.7 Å². The van der Waals surface area contributed by atoms with Crippen LogP contribution in [0.1, 0.15) is 36.9 Å². The van der Waals surface area contributed by atoms with Gasteiger partial charge in [0.15, 0.2) is 5.96 Å². The van der Waals surface area contributed by atoms with Crippen LogP contribution in [0.4, 0.5) is 13.2 Å². The van der Waals surface area contributed by atoms with E-state index in [4.69, 9.17) is 0 Å². The lowest BCUT2D eigenvalue weighted by atomic mass is 9.96. The second kappa shape index (κ2) is 6.94. The van der Waals surface area contributed by atoms with Crippen LogP contribution in [0.2, 0.25) is 0 Å². The number of hydrogen-bond acceptors (Lipinski definition) is 4. The van der Waals surface area contributed by atoms with E-state index in [0.29, 0.717) is 11.7 Å². The summed E-state index contributed by atoms with van der Waals surface area (Å²) in [5.74, 6) is 2.05. The number of piperidine rings is 1. The van der Waals surface area contributed by atoms with Crippen molar-refractivity contribution in [2.45, 2.75) is 32.0 Å². The van der Waals surface area contributed by atoms with E-state index in [1.54, 1.807) is 18.7 Å². The summed E-state index contributed by atoms with van der Waals surface area (Å²) in [6.07, 6.45) is 1.49.